The molecule has 1 heterocycles. The van der Waals surface area contributed by atoms with Crippen molar-refractivity contribution in [3.8, 4) is 0 Å². The summed E-state index contributed by atoms with van der Waals surface area (Å²) in [5.41, 5.74) is 0.139. The Balaban J connectivity index is 2.92. The third kappa shape index (κ3) is 3.40. The van der Waals surface area contributed by atoms with E-state index >= 15 is 0 Å². The van der Waals surface area contributed by atoms with Crippen LogP contribution in [0.3, 0.4) is 0 Å². The van der Waals surface area contributed by atoms with E-state index in [0.29, 0.717) is 18.3 Å². The molecule has 82 valence electrons. The summed E-state index contributed by atoms with van der Waals surface area (Å²) in [7, 11) is 0. The molecule has 0 radical (unpaired) electrons. The Kier molecular flexibility index (Phi) is 3.91. The number of aromatic nitrogens is 1. The third-order valence-corrected chi connectivity index (χ3v) is 1.98. The molecule has 0 aromatic carbocycles. The first-order valence-corrected chi connectivity index (χ1v) is 5.02. The van der Waals surface area contributed by atoms with Gasteiger partial charge in [-0.2, -0.15) is 0 Å². The molecule has 4 nitrogen and oxygen atoms in total. The van der Waals surface area contributed by atoms with Crippen LogP contribution in [0.1, 0.15) is 24.2 Å². The molecule has 5 heteroatoms. The molecule has 0 aliphatic carbocycles. The van der Waals surface area contributed by atoms with Gasteiger partial charge in [-0.3, -0.25) is 0 Å². The number of aromatic carboxylic acids is 1. The fourth-order valence-electron chi connectivity index (χ4n) is 1.04. The van der Waals surface area contributed by atoms with Crippen molar-refractivity contribution in [2.45, 2.75) is 13.8 Å². The maximum atomic E-state index is 10.9. The average molecular weight is 229 g/mol. The minimum absolute atomic E-state index is 0.139. The van der Waals surface area contributed by atoms with Gasteiger partial charge in [0.1, 0.15) is 16.5 Å². The lowest BCUT2D eigenvalue weighted by Crippen LogP contribution is -2.13. The van der Waals surface area contributed by atoms with E-state index in [1.54, 1.807) is 0 Å². The zero-order valence-electron chi connectivity index (χ0n) is 8.62. The Morgan fingerprint density at radius 1 is 1.60 bits per heavy atom. The van der Waals surface area contributed by atoms with Crippen molar-refractivity contribution in [1.29, 1.82) is 0 Å². The largest absolute Gasteiger partial charge is 0.478 e. The number of carboxylic acid groups (broad SMARTS) is 1. The van der Waals surface area contributed by atoms with Gasteiger partial charge in [0, 0.05) is 6.54 Å². The molecule has 1 rings (SSSR count). The fraction of sp³-hybridized carbons (Fsp3) is 0.400. The number of carboxylic acids is 1. The van der Waals surface area contributed by atoms with Crippen LogP contribution < -0.4 is 5.32 Å². The molecule has 0 saturated carbocycles. The van der Waals surface area contributed by atoms with Crippen molar-refractivity contribution in [1.82, 2.24) is 4.98 Å². The number of rotatable bonds is 4. The first-order valence-electron chi connectivity index (χ1n) is 4.64. The highest BCUT2D eigenvalue weighted by Crippen LogP contribution is 2.16. The van der Waals surface area contributed by atoms with Gasteiger partial charge in [0.15, 0.2) is 0 Å². The van der Waals surface area contributed by atoms with Gasteiger partial charge in [-0.15, -0.1) is 0 Å². The average Bonchev–Trinajstić information content (AvgIpc) is 2.14. The van der Waals surface area contributed by atoms with E-state index in [0.717, 1.165) is 0 Å². The van der Waals surface area contributed by atoms with E-state index in [9.17, 15) is 4.79 Å². The number of nitrogens with zero attached hydrogens (tertiary/aromatic N) is 1. The molecule has 0 fully saturated rings. The second kappa shape index (κ2) is 4.98. The van der Waals surface area contributed by atoms with Crippen molar-refractivity contribution in [2.75, 3.05) is 11.9 Å². The van der Waals surface area contributed by atoms with Crippen LogP contribution in [0.2, 0.25) is 5.15 Å². The number of carbonyl (C=O) groups is 1. The highest BCUT2D eigenvalue weighted by atomic mass is 35.5. The predicted molar refractivity (Wildman–Crippen MR) is 59.5 cm³/mol. The summed E-state index contributed by atoms with van der Waals surface area (Å²) in [5, 5.41) is 12.1. The van der Waals surface area contributed by atoms with Gasteiger partial charge in [-0.05, 0) is 18.1 Å². The molecule has 0 bridgehead atoms. The second-order valence-electron chi connectivity index (χ2n) is 3.61. The lowest BCUT2D eigenvalue weighted by Gasteiger charge is -2.10. The first kappa shape index (κ1) is 11.8. The van der Waals surface area contributed by atoms with E-state index < -0.39 is 5.97 Å². The summed E-state index contributed by atoms with van der Waals surface area (Å²) in [4.78, 5) is 14.8. The van der Waals surface area contributed by atoms with Crippen LogP contribution in [0.5, 0.6) is 0 Å². The lowest BCUT2D eigenvalue weighted by atomic mass is 10.2. The number of hydrogen-bond acceptors (Lipinski definition) is 3. The minimum Gasteiger partial charge on any atom is -0.478 e. The molecule has 1 aromatic rings. The van der Waals surface area contributed by atoms with Gasteiger partial charge in [0.05, 0.1) is 0 Å². The van der Waals surface area contributed by atoms with Gasteiger partial charge in [-0.1, -0.05) is 25.4 Å². The van der Waals surface area contributed by atoms with Crippen molar-refractivity contribution in [2.24, 2.45) is 5.92 Å². The molecule has 0 aliphatic heterocycles. The molecule has 0 unspecified atom stereocenters. The van der Waals surface area contributed by atoms with Crippen LogP contribution in [-0.2, 0) is 0 Å². The molecule has 0 aliphatic rings. The molecular weight excluding hydrogens is 216 g/mol. The molecule has 2 N–H and O–H groups in total. The Bertz CT molecular complexity index is 366. The highest BCUT2D eigenvalue weighted by molar-refractivity contribution is 6.29. The SMILES string of the molecule is CC(C)CNc1nc(Cl)ccc1C(=O)O. The van der Waals surface area contributed by atoms with E-state index in [2.05, 4.69) is 10.3 Å². The van der Waals surface area contributed by atoms with Gasteiger partial charge in [0.2, 0.25) is 0 Å². The Morgan fingerprint density at radius 2 is 2.27 bits per heavy atom. The van der Waals surface area contributed by atoms with Crippen LogP contribution >= 0.6 is 11.6 Å². The lowest BCUT2D eigenvalue weighted by molar-refractivity contribution is 0.0697. The molecule has 0 atom stereocenters. The fourth-order valence-corrected chi connectivity index (χ4v) is 1.19. The zero-order chi connectivity index (χ0) is 11.4. The Morgan fingerprint density at radius 3 is 2.80 bits per heavy atom. The minimum atomic E-state index is -1.01. The van der Waals surface area contributed by atoms with E-state index in [4.69, 9.17) is 16.7 Å². The third-order valence-electron chi connectivity index (χ3n) is 1.77. The second-order valence-corrected chi connectivity index (χ2v) is 4.00. The van der Waals surface area contributed by atoms with Crippen LogP contribution in [0.25, 0.3) is 0 Å². The van der Waals surface area contributed by atoms with Crippen molar-refractivity contribution in [3.05, 3.63) is 22.8 Å². The van der Waals surface area contributed by atoms with Crippen LogP contribution in [0.4, 0.5) is 5.82 Å². The summed E-state index contributed by atoms with van der Waals surface area (Å²) in [6.45, 7) is 4.71. The van der Waals surface area contributed by atoms with E-state index in [1.807, 2.05) is 13.8 Å². The van der Waals surface area contributed by atoms with E-state index in [1.165, 1.54) is 12.1 Å². The maximum absolute atomic E-state index is 10.9. The molecule has 0 saturated heterocycles. The number of pyridine rings is 1. The smallest absolute Gasteiger partial charge is 0.339 e. The van der Waals surface area contributed by atoms with Gasteiger partial charge >= 0.3 is 5.97 Å². The van der Waals surface area contributed by atoms with Crippen molar-refractivity contribution >= 4 is 23.4 Å². The van der Waals surface area contributed by atoms with Crippen molar-refractivity contribution in [3.63, 3.8) is 0 Å². The number of halogens is 1. The first-order chi connectivity index (χ1) is 7.00. The Labute approximate surface area is 93.3 Å². The number of hydrogen-bond donors (Lipinski definition) is 2. The molecule has 0 amide bonds. The van der Waals surface area contributed by atoms with Gasteiger partial charge < -0.3 is 10.4 Å². The monoisotopic (exact) mass is 228 g/mol. The standard InChI is InChI=1S/C10H13ClN2O2/c1-6(2)5-12-9-7(10(14)15)3-4-8(11)13-9/h3-4,6H,5H2,1-2H3,(H,12,13)(H,14,15). The summed E-state index contributed by atoms with van der Waals surface area (Å²) >= 11 is 5.69. The summed E-state index contributed by atoms with van der Waals surface area (Å²) in [6.07, 6.45) is 0. The summed E-state index contributed by atoms with van der Waals surface area (Å²) in [5.74, 6) is -0.276. The quantitative estimate of drug-likeness (QED) is 0.778. The van der Waals surface area contributed by atoms with Crippen molar-refractivity contribution < 1.29 is 9.90 Å². The van der Waals surface area contributed by atoms with Crippen LogP contribution in [0, 0.1) is 5.92 Å². The van der Waals surface area contributed by atoms with Crippen LogP contribution in [-0.4, -0.2) is 22.6 Å². The predicted octanol–water partition coefficient (Wildman–Crippen LogP) is 2.50. The molecular formula is C10H13ClN2O2. The van der Waals surface area contributed by atoms with E-state index in [-0.39, 0.29) is 10.7 Å². The van der Waals surface area contributed by atoms with Gasteiger partial charge in [-0.25, -0.2) is 9.78 Å². The molecule has 1 aromatic heterocycles. The summed E-state index contributed by atoms with van der Waals surface area (Å²) in [6, 6.07) is 2.91. The zero-order valence-corrected chi connectivity index (χ0v) is 9.38. The number of anilines is 1. The highest BCUT2D eigenvalue weighted by Gasteiger charge is 2.11. The number of nitrogens with one attached hydrogen (secondary N) is 1. The summed E-state index contributed by atoms with van der Waals surface area (Å²) < 4.78 is 0. The normalized spacial score (nSPS) is 10.4. The topological polar surface area (TPSA) is 62.2 Å². The molecule has 0 spiro atoms. The van der Waals surface area contributed by atoms with Crippen LogP contribution in [0.15, 0.2) is 12.1 Å². The Hall–Kier alpha value is -1.29. The van der Waals surface area contributed by atoms with Gasteiger partial charge in [0.25, 0.3) is 0 Å². The molecule has 15 heavy (non-hydrogen) atoms. The maximum Gasteiger partial charge on any atom is 0.339 e.